The lowest BCUT2D eigenvalue weighted by Gasteiger charge is -2.16. The molecule has 1 amide bonds. The van der Waals surface area contributed by atoms with Crippen LogP contribution >= 0.6 is 11.3 Å². The van der Waals surface area contributed by atoms with Gasteiger partial charge in [0.25, 0.3) is 0 Å². The number of carbonyl (C=O) groups excluding carboxylic acids is 1. The van der Waals surface area contributed by atoms with E-state index in [-0.39, 0.29) is 5.91 Å². The third-order valence-corrected chi connectivity index (χ3v) is 5.00. The van der Waals surface area contributed by atoms with Crippen LogP contribution in [0.2, 0.25) is 0 Å². The van der Waals surface area contributed by atoms with Crippen LogP contribution in [0.15, 0.2) is 85.2 Å². The Morgan fingerprint density at radius 3 is 2.00 bits per heavy atom. The SMILES string of the molecule is O=C(Nc1nnc(-c2ccncc2)s1)C(c1ccccc1)c1ccccc1. The van der Waals surface area contributed by atoms with E-state index in [0.29, 0.717) is 5.13 Å². The molecule has 27 heavy (non-hydrogen) atoms. The summed E-state index contributed by atoms with van der Waals surface area (Å²) in [6, 6.07) is 23.2. The highest BCUT2D eigenvalue weighted by Gasteiger charge is 2.23. The summed E-state index contributed by atoms with van der Waals surface area (Å²) in [7, 11) is 0. The molecule has 2 aromatic carbocycles. The van der Waals surface area contributed by atoms with Gasteiger partial charge < -0.3 is 0 Å². The lowest BCUT2D eigenvalue weighted by Crippen LogP contribution is -2.22. The number of aromatic nitrogens is 3. The molecule has 0 atom stereocenters. The van der Waals surface area contributed by atoms with Gasteiger partial charge in [0, 0.05) is 18.0 Å². The number of hydrogen-bond donors (Lipinski definition) is 1. The Kier molecular flexibility index (Phi) is 4.98. The fourth-order valence-electron chi connectivity index (χ4n) is 2.85. The molecule has 132 valence electrons. The van der Waals surface area contributed by atoms with Crippen LogP contribution in [-0.2, 0) is 4.79 Å². The molecule has 0 saturated heterocycles. The molecule has 4 rings (SSSR count). The zero-order valence-corrected chi connectivity index (χ0v) is 15.1. The number of benzene rings is 2. The molecule has 5 nitrogen and oxygen atoms in total. The number of rotatable bonds is 5. The minimum Gasteiger partial charge on any atom is -0.300 e. The monoisotopic (exact) mass is 372 g/mol. The van der Waals surface area contributed by atoms with Crippen molar-refractivity contribution < 1.29 is 4.79 Å². The average molecular weight is 372 g/mol. The van der Waals surface area contributed by atoms with E-state index in [9.17, 15) is 4.79 Å². The smallest absolute Gasteiger partial charge is 0.238 e. The van der Waals surface area contributed by atoms with Crippen LogP contribution in [0, 0.1) is 0 Å². The quantitative estimate of drug-likeness (QED) is 0.565. The van der Waals surface area contributed by atoms with Crippen LogP contribution < -0.4 is 5.32 Å². The van der Waals surface area contributed by atoms with E-state index in [1.165, 1.54) is 11.3 Å². The van der Waals surface area contributed by atoms with Crippen molar-refractivity contribution in [1.29, 1.82) is 0 Å². The molecule has 0 spiro atoms. The van der Waals surface area contributed by atoms with Gasteiger partial charge in [-0.05, 0) is 23.3 Å². The normalized spacial score (nSPS) is 10.7. The van der Waals surface area contributed by atoms with Gasteiger partial charge in [-0.25, -0.2) is 0 Å². The maximum absolute atomic E-state index is 13.1. The summed E-state index contributed by atoms with van der Waals surface area (Å²) in [6.07, 6.45) is 3.41. The van der Waals surface area contributed by atoms with Gasteiger partial charge in [0.05, 0.1) is 5.92 Å². The molecule has 0 unspecified atom stereocenters. The van der Waals surface area contributed by atoms with Crippen LogP contribution in [0.4, 0.5) is 5.13 Å². The number of anilines is 1. The number of nitrogens with one attached hydrogen (secondary N) is 1. The summed E-state index contributed by atoms with van der Waals surface area (Å²) in [5, 5.41) is 12.4. The van der Waals surface area contributed by atoms with Gasteiger partial charge in [-0.3, -0.25) is 15.1 Å². The second-order valence-corrected chi connectivity index (χ2v) is 6.87. The van der Waals surface area contributed by atoms with Crippen molar-refractivity contribution in [2.75, 3.05) is 5.32 Å². The molecule has 4 aromatic rings. The second-order valence-electron chi connectivity index (χ2n) is 5.89. The zero-order chi connectivity index (χ0) is 18.5. The molecule has 0 bridgehead atoms. The second kappa shape index (κ2) is 7.88. The number of pyridine rings is 1. The van der Waals surface area contributed by atoms with Gasteiger partial charge in [0.1, 0.15) is 5.01 Å². The molecule has 2 aromatic heterocycles. The van der Waals surface area contributed by atoms with Crippen LogP contribution in [0.1, 0.15) is 17.0 Å². The maximum atomic E-state index is 13.1. The van der Waals surface area contributed by atoms with Crippen molar-refractivity contribution in [3.63, 3.8) is 0 Å². The predicted octanol–water partition coefficient (Wildman–Crippen LogP) is 4.37. The van der Waals surface area contributed by atoms with Crippen molar-refractivity contribution in [3.8, 4) is 10.6 Å². The minimum atomic E-state index is -0.416. The summed E-state index contributed by atoms with van der Waals surface area (Å²) in [5.74, 6) is -0.550. The first-order valence-corrected chi connectivity index (χ1v) is 9.27. The molecule has 0 aliphatic carbocycles. The topological polar surface area (TPSA) is 67.8 Å². The molecule has 6 heteroatoms. The Hall–Kier alpha value is -3.38. The number of hydrogen-bond acceptors (Lipinski definition) is 5. The lowest BCUT2D eigenvalue weighted by molar-refractivity contribution is -0.116. The van der Waals surface area contributed by atoms with Gasteiger partial charge >= 0.3 is 0 Å². The number of amides is 1. The molecule has 0 aliphatic heterocycles. The Balaban J connectivity index is 1.61. The first-order valence-electron chi connectivity index (χ1n) is 8.46. The van der Waals surface area contributed by atoms with Gasteiger partial charge in [-0.1, -0.05) is 72.0 Å². The summed E-state index contributed by atoms with van der Waals surface area (Å²) in [4.78, 5) is 17.1. The van der Waals surface area contributed by atoms with Crippen LogP contribution in [0.5, 0.6) is 0 Å². The van der Waals surface area contributed by atoms with Crippen LogP contribution in [0.3, 0.4) is 0 Å². The third kappa shape index (κ3) is 3.91. The fourth-order valence-corrected chi connectivity index (χ4v) is 3.60. The van der Waals surface area contributed by atoms with Gasteiger partial charge in [0.2, 0.25) is 11.0 Å². The van der Waals surface area contributed by atoms with E-state index < -0.39 is 5.92 Å². The predicted molar refractivity (Wildman–Crippen MR) is 106 cm³/mol. The molecule has 0 saturated carbocycles. The standard InChI is InChI=1S/C21H16N4OS/c26-19(23-21-25-24-20(27-21)17-11-13-22-14-12-17)18(15-7-3-1-4-8-15)16-9-5-2-6-10-16/h1-14,18H,(H,23,25,26). The molecule has 0 radical (unpaired) electrons. The van der Waals surface area contributed by atoms with E-state index in [0.717, 1.165) is 21.7 Å². The van der Waals surface area contributed by atoms with Crippen LogP contribution in [-0.4, -0.2) is 21.1 Å². The lowest BCUT2D eigenvalue weighted by atomic mass is 9.90. The van der Waals surface area contributed by atoms with E-state index in [2.05, 4.69) is 20.5 Å². The number of nitrogens with zero attached hydrogens (tertiary/aromatic N) is 3. The fraction of sp³-hybridized carbons (Fsp3) is 0.0476. The molecule has 2 heterocycles. The minimum absolute atomic E-state index is 0.134. The van der Waals surface area contributed by atoms with Gasteiger partial charge in [0.15, 0.2) is 0 Å². The highest BCUT2D eigenvalue weighted by molar-refractivity contribution is 7.18. The van der Waals surface area contributed by atoms with Crippen molar-refractivity contribution >= 4 is 22.4 Å². The maximum Gasteiger partial charge on any atom is 0.238 e. The van der Waals surface area contributed by atoms with Crippen molar-refractivity contribution in [2.45, 2.75) is 5.92 Å². The molecule has 0 fully saturated rings. The Labute approximate surface area is 160 Å². The third-order valence-electron chi connectivity index (χ3n) is 4.11. The van der Waals surface area contributed by atoms with E-state index in [4.69, 9.17) is 0 Å². The van der Waals surface area contributed by atoms with Crippen molar-refractivity contribution in [1.82, 2.24) is 15.2 Å². The Morgan fingerprint density at radius 2 is 1.41 bits per heavy atom. The van der Waals surface area contributed by atoms with E-state index >= 15 is 0 Å². The Bertz CT molecular complexity index is 980. The zero-order valence-electron chi connectivity index (χ0n) is 14.3. The highest BCUT2D eigenvalue weighted by Crippen LogP contribution is 2.29. The molecular weight excluding hydrogens is 356 g/mol. The molecule has 1 N–H and O–H groups in total. The average Bonchev–Trinajstić information content (AvgIpc) is 3.19. The van der Waals surface area contributed by atoms with E-state index in [1.807, 2.05) is 72.8 Å². The van der Waals surface area contributed by atoms with Crippen LogP contribution in [0.25, 0.3) is 10.6 Å². The van der Waals surface area contributed by atoms with Gasteiger partial charge in [-0.2, -0.15) is 0 Å². The summed E-state index contributed by atoms with van der Waals surface area (Å²) in [5.41, 5.74) is 2.78. The summed E-state index contributed by atoms with van der Waals surface area (Å²) < 4.78 is 0. The largest absolute Gasteiger partial charge is 0.300 e. The summed E-state index contributed by atoms with van der Waals surface area (Å²) in [6.45, 7) is 0. The molecule has 0 aliphatic rings. The van der Waals surface area contributed by atoms with Crippen molar-refractivity contribution in [3.05, 3.63) is 96.3 Å². The highest BCUT2D eigenvalue weighted by atomic mass is 32.1. The van der Waals surface area contributed by atoms with Crippen molar-refractivity contribution in [2.24, 2.45) is 0 Å². The molecular formula is C21H16N4OS. The van der Waals surface area contributed by atoms with Gasteiger partial charge in [-0.15, -0.1) is 10.2 Å². The summed E-state index contributed by atoms with van der Waals surface area (Å²) >= 11 is 1.34. The first-order chi connectivity index (χ1) is 13.3. The van der Waals surface area contributed by atoms with E-state index in [1.54, 1.807) is 12.4 Å². The first kappa shape index (κ1) is 17.1. The number of carbonyl (C=O) groups is 1. The Morgan fingerprint density at radius 1 is 0.815 bits per heavy atom.